The summed E-state index contributed by atoms with van der Waals surface area (Å²) in [6, 6.07) is 14.7. The van der Waals surface area contributed by atoms with Gasteiger partial charge >= 0.3 is 0 Å². The highest BCUT2D eigenvalue weighted by molar-refractivity contribution is 7.85. The molecule has 262 valence electrons. The molecule has 10 nitrogen and oxygen atoms in total. The summed E-state index contributed by atoms with van der Waals surface area (Å²) in [7, 11) is -4.02. The Morgan fingerprint density at radius 2 is 1.48 bits per heavy atom. The fourth-order valence-corrected chi connectivity index (χ4v) is 9.79. The molecule has 11 heteroatoms. The van der Waals surface area contributed by atoms with Crippen molar-refractivity contribution in [2.75, 3.05) is 39.3 Å². The Labute approximate surface area is 284 Å². The van der Waals surface area contributed by atoms with E-state index in [-0.39, 0.29) is 10.8 Å². The molecule has 2 aromatic rings. The van der Waals surface area contributed by atoms with Crippen molar-refractivity contribution in [3.05, 3.63) is 59.7 Å². The monoisotopic (exact) mass is 682 g/mol. The first-order valence-corrected chi connectivity index (χ1v) is 19.3. The van der Waals surface area contributed by atoms with Gasteiger partial charge in [0.2, 0.25) is 17.5 Å². The van der Waals surface area contributed by atoms with Crippen LogP contribution in [0.1, 0.15) is 81.8 Å². The molecule has 5 aliphatic carbocycles. The zero-order chi connectivity index (χ0) is 33.5. The highest BCUT2D eigenvalue weighted by atomic mass is 32.2. The molecule has 0 aromatic heterocycles. The fourth-order valence-electron chi connectivity index (χ4n) is 9.31. The van der Waals surface area contributed by atoms with E-state index in [0.717, 1.165) is 81.6 Å². The van der Waals surface area contributed by atoms with Gasteiger partial charge in [-0.15, -0.1) is 0 Å². The van der Waals surface area contributed by atoms with Gasteiger partial charge in [0.15, 0.2) is 0 Å². The van der Waals surface area contributed by atoms with E-state index in [0.29, 0.717) is 24.4 Å². The number of hydrogen-bond donors (Lipinski definition) is 1. The zero-order valence-corrected chi connectivity index (χ0v) is 29.0. The summed E-state index contributed by atoms with van der Waals surface area (Å²) in [4.78, 5) is 28.0. The molecule has 7 aliphatic rings. The van der Waals surface area contributed by atoms with E-state index < -0.39 is 21.7 Å². The molecule has 4 bridgehead atoms. The minimum absolute atomic E-state index is 0.0666. The zero-order valence-electron chi connectivity index (χ0n) is 28.2. The molecule has 2 spiro atoms. The highest BCUT2D eigenvalue weighted by Crippen LogP contribution is 2.64. The van der Waals surface area contributed by atoms with Crippen molar-refractivity contribution in [2.45, 2.75) is 94.0 Å². The Bertz CT molecular complexity index is 1500. The molecule has 2 aliphatic heterocycles. The Morgan fingerprint density at radius 3 is 2.04 bits per heavy atom. The fraction of sp³-hybridized carbons (Fsp3) is 0.649. The number of piperazine rings is 1. The van der Waals surface area contributed by atoms with Crippen LogP contribution >= 0.6 is 0 Å². The van der Waals surface area contributed by atoms with Crippen molar-refractivity contribution in [3.8, 4) is 5.75 Å². The van der Waals surface area contributed by atoms with Crippen LogP contribution in [0.15, 0.2) is 53.4 Å². The molecule has 2 heterocycles. The minimum atomic E-state index is -4.02. The molecule has 9 rings (SSSR count). The number of carbonyl (C=O) groups excluding carboxylic acids is 1. The lowest BCUT2D eigenvalue weighted by Gasteiger charge is -2.57. The van der Waals surface area contributed by atoms with Crippen molar-refractivity contribution >= 4 is 16.0 Å². The normalized spacial score (nSPS) is 34.3. The van der Waals surface area contributed by atoms with Crippen molar-refractivity contribution in [1.82, 2.24) is 9.80 Å². The second-order valence-electron chi connectivity index (χ2n) is 15.0. The number of hydrogen-bond acceptors (Lipinski definition) is 8. The standard InChI is InChI=1S/C30H42N2O5.C7H8O3S/c1-21(33)32-12-10-31(11-13-32)14-15-34-28-4-2-24(3-5-28)25-6-8-29(9-7-25)35-30(37-36-29)26-17-22-16-23(19-26)20-27(30)18-22;1-6-2-4-7(5-3-6)11(8,9)10/h2-5,22-23,25-27H,6-20H2,1H3;2-5H,1H3,(H,8,9,10). The van der Waals surface area contributed by atoms with Crippen LogP contribution < -0.4 is 4.74 Å². The average molecular weight is 683 g/mol. The van der Waals surface area contributed by atoms with E-state index in [9.17, 15) is 13.2 Å². The Balaban J connectivity index is 0.000000284. The first-order chi connectivity index (χ1) is 23.0. The summed E-state index contributed by atoms with van der Waals surface area (Å²) in [5.41, 5.74) is 2.34. The van der Waals surface area contributed by atoms with Crippen LogP contribution in [0.5, 0.6) is 5.75 Å². The van der Waals surface area contributed by atoms with E-state index in [1.54, 1.807) is 19.1 Å². The summed E-state index contributed by atoms with van der Waals surface area (Å²) in [6.45, 7) is 8.54. The van der Waals surface area contributed by atoms with Crippen LogP contribution in [-0.2, 0) is 29.4 Å². The smallest absolute Gasteiger partial charge is 0.294 e. The maximum Gasteiger partial charge on any atom is 0.294 e. The number of amides is 1. The molecule has 5 saturated carbocycles. The topological polar surface area (TPSA) is 115 Å². The van der Waals surface area contributed by atoms with Gasteiger partial charge in [-0.1, -0.05) is 29.8 Å². The van der Waals surface area contributed by atoms with E-state index in [1.807, 2.05) is 11.8 Å². The molecule has 48 heavy (non-hydrogen) atoms. The number of ether oxygens (including phenoxy) is 2. The number of benzene rings is 2. The third-order valence-corrected chi connectivity index (χ3v) is 12.7. The molecule has 7 fully saturated rings. The lowest BCUT2D eigenvalue weighted by Crippen LogP contribution is -2.59. The van der Waals surface area contributed by atoms with Gasteiger partial charge in [-0.3, -0.25) is 14.2 Å². The minimum Gasteiger partial charge on any atom is -0.492 e. The molecular formula is C37H50N2O8S. The maximum atomic E-state index is 11.5. The van der Waals surface area contributed by atoms with Gasteiger partial charge in [-0.2, -0.15) is 18.2 Å². The molecule has 0 radical (unpaired) electrons. The van der Waals surface area contributed by atoms with Gasteiger partial charge in [-0.25, -0.2) is 0 Å². The molecule has 0 atom stereocenters. The van der Waals surface area contributed by atoms with Crippen LogP contribution in [-0.4, -0.2) is 79.6 Å². The number of nitrogens with zero attached hydrogens (tertiary/aromatic N) is 2. The van der Waals surface area contributed by atoms with Gasteiger partial charge in [0, 0.05) is 64.3 Å². The number of rotatable bonds is 6. The molecule has 0 unspecified atom stereocenters. The Kier molecular flexibility index (Phi) is 9.64. The summed E-state index contributed by atoms with van der Waals surface area (Å²) < 4.78 is 42.5. The third-order valence-electron chi connectivity index (χ3n) is 11.9. The van der Waals surface area contributed by atoms with E-state index in [1.165, 1.54) is 49.8 Å². The maximum absolute atomic E-state index is 11.5. The van der Waals surface area contributed by atoms with Crippen LogP contribution in [0.3, 0.4) is 0 Å². The first-order valence-electron chi connectivity index (χ1n) is 17.8. The molecule has 2 saturated heterocycles. The highest BCUT2D eigenvalue weighted by Gasteiger charge is 2.66. The quantitative estimate of drug-likeness (QED) is 0.291. The largest absolute Gasteiger partial charge is 0.492 e. The van der Waals surface area contributed by atoms with E-state index in [4.69, 9.17) is 23.8 Å². The first kappa shape index (κ1) is 33.9. The van der Waals surface area contributed by atoms with Crippen molar-refractivity contribution in [1.29, 1.82) is 0 Å². The van der Waals surface area contributed by atoms with Crippen LogP contribution in [0.2, 0.25) is 0 Å². The summed E-state index contributed by atoms with van der Waals surface area (Å²) in [5, 5.41) is 0. The predicted octanol–water partition coefficient (Wildman–Crippen LogP) is 5.96. The van der Waals surface area contributed by atoms with Crippen LogP contribution in [0, 0.1) is 30.6 Å². The van der Waals surface area contributed by atoms with Crippen LogP contribution in [0.25, 0.3) is 0 Å². The Morgan fingerprint density at radius 1 is 0.875 bits per heavy atom. The summed E-state index contributed by atoms with van der Waals surface area (Å²) >= 11 is 0. The van der Waals surface area contributed by atoms with Gasteiger partial charge < -0.3 is 14.4 Å². The number of carbonyl (C=O) groups is 1. The second-order valence-corrected chi connectivity index (χ2v) is 16.5. The van der Waals surface area contributed by atoms with Crippen molar-refractivity contribution < 1.29 is 37.0 Å². The van der Waals surface area contributed by atoms with Crippen molar-refractivity contribution in [3.63, 3.8) is 0 Å². The summed E-state index contributed by atoms with van der Waals surface area (Å²) in [6.07, 6.45) is 10.4. The molecule has 1 N–H and O–H groups in total. The Hall–Kier alpha value is -2.54. The van der Waals surface area contributed by atoms with E-state index in [2.05, 4.69) is 29.2 Å². The summed E-state index contributed by atoms with van der Waals surface area (Å²) in [5.74, 6) is 3.47. The number of aryl methyl sites for hydroxylation is 1. The van der Waals surface area contributed by atoms with Gasteiger partial charge in [0.05, 0.1) is 4.90 Å². The molecule has 2 aromatic carbocycles. The second kappa shape index (κ2) is 13.6. The predicted molar refractivity (Wildman–Crippen MR) is 179 cm³/mol. The van der Waals surface area contributed by atoms with E-state index >= 15 is 0 Å². The van der Waals surface area contributed by atoms with Crippen molar-refractivity contribution in [2.24, 2.45) is 23.7 Å². The molecule has 1 amide bonds. The lowest BCUT2D eigenvalue weighted by molar-refractivity contribution is -0.390. The van der Waals surface area contributed by atoms with Gasteiger partial charge in [0.25, 0.3) is 10.1 Å². The average Bonchev–Trinajstić information content (AvgIpc) is 3.44. The van der Waals surface area contributed by atoms with Gasteiger partial charge in [0.1, 0.15) is 12.4 Å². The SMILES string of the molecule is CC(=O)N1CCN(CCOc2ccc(C3CCC4(CC3)OOC3(O4)C4CC5CC(C4)CC3C5)cc2)CC1.Cc1ccc(S(=O)(=O)O)cc1. The third kappa shape index (κ3) is 7.18. The molecular weight excluding hydrogens is 632 g/mol. The van der Waals surface area contributed by atoms with Gasteiger partial charge in [-0.05, 0) is 99.5 Å². The lowest BCUT2D eigenvalue weighted by atomic mass is 9.53. The van der Waals surface area contributed by atoms with Crippen LogP contribution in [0.4, 0.5) is 0 Å².